The third-order valence-electron chi connectivity index (χ3n) is 9.28. The Morgan fingerprint density at radius 1 is 0.703 bits per heavy atom. The summed E-state index contributed by atoms with van der Waals surface area (Å²) in [5.74, 6) is -0.231. The van der Waals surface area contributed by atoms with Crippen molar-refractivity contribution >= 4 is 17.3 Å². The lowest BCUT2D eigenvalue weighted by Gasteiger charge is -2.46. The first-order valence-corrected chi connectivity index (χ1v) is 13.8. The molecule has 1 spiro atoms. The van der Waals surface area contributed by atoms with Gasteiger partial charge in [-0.3, -0.25) is 0 Å². The number of nitrogens with zero attached hydrogens (tertiary/aromatic N) is 2. The van der Waals surface area contributed by atoms with Crippen molar-refractivity contribution in [2.45, 2.75) is 63.9 Å². The fraction of sp³-hybridized carbons (Fsp3) is 0.424. The van der Waals surface area contributed by atoms with Gasteiger partial charge in [0.1, 0.15) is 0 Å². The maximum absolute atomic E-state index is 13.5. The highest BCUT2D eigenvalue weighted by Gasteiger charge is 2.56. The third kappa shape index (κ3) is 3.05. The molecule has 3 heterocycles. The largest absolute Gasteiger partial charge is 0.441 e. The van der Waals surface area contributed by atoms with E-state index in [1.807, 2.05) is 6.07 Å². The molecule has 4 heteroatoms. The standard InChI is InChI=1S/C33H36N2O2/c1-31(2,3)21-8-11-24-27(18-21)33(37-30(24)36)25-12-9-22(34-14-6-15-34)19-28(25)32(4,5)29-20-23(10-13-26(29)33)35-16-7-17-35/h8-13,18-20H,6-7,14-17H2,1-5H3. The molecule has 0 atom stereocenters. The Balaban J connectivity index is 1.54. The molecular formula is C33H36N2O2. The zero-order valence-electron chi connectivity index (χ0n) is 22.6. The van der Waals surface area contributed by atoms with Crippen molar-refractivity contribution in [2.75, 3.05) is 36.0 Å². The van der Waals surface area contributed by atoms with E-state index >= 15 is 0 Å². The highest BCUT2D eigenvalue weighted by Crippen LogP contribution is 2.58. The zero-order chi connectivity index (χ0) is 25.7. The summed E-state index contributed by atoms with van der Waals surface area (Å²) in [6.45, 7) is 15.8. The van der Waals surface area contributed by atoms with Gasteiger partial charge in [-0.2, -0.15) is 0 Å². The summed E-state index contributed by atoms with van der Waals surface area (Å²) in [6, 6.07) is 20.0. The molecule has 0 radical (unpaired) electrons. The molecule has 37 heavy (non-hydrogen) atoms. The topological polar surface area (TPSA) is 32.8 Å². The van der Waals surface area contributed by atoms with Crippen molar-refractivity contribution in [2.24, 2.45) is 0 Å². The van der Waals surface area contributed by atoms with Crippen LogP contribution in [-0.4, -0.2) is 32.1 Å². The molecule has 0 aromatic heterocycles. The van der Waals surface area contributed by atoms with Gasteiger partial charge in [-0.1, -0.05) is 52.8 Å². The number of carbonyl (C=O) groups excluding carboxylic acids is 1. The minimum atomic E-state index is -0.936. The first kappa shape index (κ1) is 22.9. The van der Waals surface area contributed by atoms with Crippen LogP contribution in [0.4, 0.5) is 11.4 Å². The molecule has 0 N–H and O–H groups in total. The molecule has 0 amide bonds. The van der Waals surface area contributed by atoms with Gasteiger partial charge >= 0.3 is 5.97 Å². The molecule has 3 aromatic carbocycles. The van der Waals surface area contributed by atoms with Crippen LogP contribution in [0.3, 0.4) is 0 Å². The van der Waals surface area contributed by atoms with Gasteiger partial charge in [0.25, 0.3) is 0 Å². The van der Waals surface area contributed by atoms with E-state index in [1.54, 1.807) is 0 Å². The van der Waals surface area contributed by atoms with E-state index in [0.717, 1.165) is 42.9 Å². The summed E-state index contributed by atoms with van der Waals surface area (Å²) in [4.78, 5) is 18.4. The molecule has 0 bridgehead atoms. The van der Waals surface area contributed by atoms with E-state index in [9.17, 15) is 4.79 Å². The van der Waals surface area contributed by atoms with Crippen molar-refractivity contribution in [3.05, 3.63) is 93.5 Å². The van der Waals surface area contributed by atoms with Crippen LogP contribution in [0.2, 0.25) is 0 Å². The number of fused-ring (bicyclic) bond motifs is 6. The van der Waals surface area contributed by atoms with Gasteiger partial charge < -0.3 is 14.5 Å². The summed E-state index contributed by atoms with van der Waals surface area (Å²) in [7, 11) is 0. The lowest BCUT2D eigenvalue weighted by atomic mass is 9.61. The van der Waals surface area contributed by atoms with Gasteiger partial charge in [-0.05, 0) is 71.3 Å². The molecule has 2 saturated heterocycles. The van der Waals surface area contributed by atoms with Crippen molar-refractivity contribution in [3.63, 3.8) is 0 Å². The van der Waals surface area contributed by atoms with Crippen LogP contribution in [-0.2, 0) is 21.2 Å². The fourth-order valence-corrected chi connectivity index (χ4v) is 6.67. The zero-order valence-corrected chi connectivity index (χ0v) is 22.6. The number of anilines is 2. The summed E-state index contributed by atoms with van der Waals surface area (Å²) in [5.41, 5.74) is 8.93. The molecule has 4 aliphatic rings. The van der Waals surface area contributed by atoms with Gasteiger partial charge in [-0.25, -0.2) is 4.79 Å². The first-order valence-electron chi connectivity index (χ1n) is 13.8. The lowest BCUT2D eigenvalue weighted by Crippen LogP contribution is -2.43. The van der Waals surface area contributed by atoms with Gasteiger partial charge in [0, 0.05) is 59.7 Å². The Hall–Kier alpha value is -3.27. The van der Waals surface area contributed by atoms with Crippen LogP contribution < -0.4 is 9.80 Å². The number of esters is 1. The second kappa shape index (κ2) is 7.40. The van der Waals surface area contributed by atoms with Crippen LogP contribution in [0.15, 0.2) is 54.6 Å². The van der Waals surface area contributed by atoms with Crippen molar-refractivity contribution in [3.8, 4) is 0 Å². The van der Waals surface area contributed by atoms with Crippen molar-refractivity contribution < 1.29 is 9.53 Å². The summed E-state index contributed by atoms with van der Waals surface area (Å²) in [6.07, 6.45) is 2.49. The molecule has 3 aromatic rings. The van der Waals surface area contributed by atoms with Crippen LogP contribution in [0.5, 0.6) is 0 Å². The molecule has 190 valence electrons. The molecular weight excluding hydrogens is 456 g/mol. The smallest absolute Gasteiger partial charge is 0.340 e. The predicted molar refractivity (Wildman–Crippen MR) is 149 cm³/mol. The fourth-order valence-electron chi connectivity index (χ4n) is 6.67. The Labute approximate surface area is 220 Å². The summed E-state index contributed by atoms with van der Waals surface area (Å²) in [5, 5.41) is 0. The molecule has 3 aliphatic heterocycles. The molecule has 1 aliphatic carbocycles. The van der Waals surface area contributed by atoms with E-state index in [0.29, 0.717) is 5.56 Å². The summed E-state index contributed by atoms with van der Waals surface area (Å²) < 4.78 is 6.59. The minimum absolute atomic E-state index is 0.0375. The Morgan fingerprint density at radius 3 is 1.70 bits per heavy atom. The number of rotatable bonds is 2. The van der Waals surface area contributed by atoms with E-state index in [-0.39, 0.29) is 16.8 Å². The van der Waals surface area contributed by atoms with E-state index in [4.69, 9.17) is 4.74 Å². The van der Waals surface area contributed by atoms with Crippen molar-refractivity contribution in [1.82, 2.24) is 0 Å². The second-order valence-corrected chi connectivity index (χ2v) is 12.8. The average Bonchev–Trinajstić information content (AvgIpc) is 3.08. The first-order chi connectivity index (χ1) is 17.6. The number of ether oxygens (including phenoxy) is 1. The summed E-state index contributed by atoms with van der Waals surface area (Å²) >= 11 is 0. The number of hydrogen-bond acceptors (Lipinski definition) is 4. The Kier molecular flexibility index (Phi) is 4.58. The van der Waals surface area contributed by atoms with E-state index < -0.39 is 5.60 Å². The van der Waals surface area contributed by atoms with Gasteiger partial charge in [0.2, 0.25) is 0 Å². The maximum Gasteiger partial charge on any atom is 0.340 e. The second-order valence-electron chi connectivity index (χ2n) is 12.8. The highest BCUT2D eigenvalue weighted by atomic mass is 16.6. The average molecular weight is 493 g/mol. The maximum atomic E-state index is 13.5. The van der Waals surface area contributed by atoms with Crippen LogP contribution in [0.25, 0.3) is 0 Å². The lowest BCUT2D eigenvalue weighted by molar-refractivity contribution is 0.0231. The minimum Gasteiger partial charge on any atom is -0.441 e. The highest BCUT2D eigenvalue weighted by molar-refractivity contribution is 5.97. The normalized spacial score (nSPS) is 20.5. The predicted octanol–water partition coefficient (Wildman–Crippen LogP) is 6.51. The molecule has 2 fully saturated rings. The monoisotopic (exact) mass is 492 g/mol. The van der Waals surface area contributed by atoms with E-state index in [1.165, 1.54) is 40.9 Å². The molecule has 0 saturated carbocycles. The van der Waals surface area contributed by atoms with Gasteiger partial charge in [0.05, 0.1) is 5.56 Å². The molecule has 4 nitrogen and oxygen atoms in total. The Bertz CT molecular complexity index is 1390. The van der Waals surface area contributed by atoms with Gasteiger partial charge in [-0.15, -0.1) is 0 Å². The van der Waals surface area contributed by atoms with Crippen molar-refractivity contribution in [1.29, 1.82) is 0 Å². The Morgan fingerprint density at radius 2 is 1.24 bits per heavy atom. The van der Waals surface area contributed by atoms with Crippen LogP contribution >= 0.6 is 0 Å². The quantitative estimate of drug-likeness (QED) is 0.382. The number of carbonyl (C=O) groups is 1. The van der Waals surface area contributed by atoms with Crippen LogP contribution in [0, 0.1) is 0 Å². The third-order valence-corrected chi connectivity index (χ3v) is 9.28. The van der Waals surface area contributed by atoms with Gasteiger partial charge in [0.15, 0.2) is 5.60 Å². The SMILES string of the molecule is CC(C)(C)c1ccc2c(c1)C1(OC2=O)c2ccc(N3CCC3)cc2C(C)(C)c2cc(N3CCC3)ccc21. The van der Waals surface area contributed by atoms with Crippen LogP contribution in [0.1, 0.15) is 91.2 Å². The van der Waals surface area contributed by atoms with E-state index in [2.05, 4.69) is 92.9 Å². The number of benzene rings is 3. The molecule has 0 unspecified atom stereocenters. The number of hydrogen-bond donors (Lipinski definition) is 0. The molecule has 7 rings (SSSR count).